The highest BCUT2D eigenvalue weighted by molar-refractivity contribution is 9.10. The molecule has 0 spiro atoms. The first kappa shape index (κ1) is 12.1. The number of aryl methyl sites for hydroxylation is 1. The molecule has 17 heavy (non-hydrogen) atoms. The summed E-state index contributed by atoms with van der Waals surface area (Å²) >= 11 is 9.23. The minimum absolute atomic E-state index is 0.367. The second-order valence-electron chi connectivity index (χ2n) is 3.30. The first-order valence-corrected chi connectivity index (χ1v) is 6.03. The Balaban J connectivity index is 2.25. The Labute approximate surface area is 111 Å². The molecule has 0 saturated heterocycles. The second kappa shape index (κ2) is 5.30. The molecule has 2 aromatic rings. The quantitative estimate of drug-likeness (QED) is 0.868. The van der Waals surface area contributed by atoms with Crippen molar-refractivity contribution in [1.29, 1.82) is 5.26 Å². The number of nitrogens with zero attached hydrogens (tertiary/aromatic N) is 3. The lowest BCUT2D eigenvalue weighted by atomic mass is 10.2. The van der Waals surface area contributed by atoms with Crippen LogP contribution in [0.5, 0.6) is 0 Å². The van der Waals surface area contributed by atoms with Gasteiger partial charge in [0.2, 0.25) is 11.7 Å². The van der Waals surface area contributed by atoms with E-state index < -0.39 is 0 Å². The van der Waals surface area contributed by atoms with Gasteiger partial charge in [0.25, 0.3) is 0 Å². The van der Waals surface area contributed by atoms with E-state index in [1.165, 1.54) is 0 Å². The van der Waals surface area contributed by atoms with Gasteiger partial charge in [-0.25, -0.2) is 0 Å². The summed E-state index contributed by atoms with van der Waals surface area (Å²) in [7, 11) is 0. The summed E-state index contributed by atoms with van der Waals surface area (Å²) < 4.78 is 5.81. The molecule has 0 aliphatic heterocycles. The molecule has 6 heteroatoms. The number of benzene rings is 1. The number of aromatic nitrogens is 2. The summed E-state index contributed by atoms with van der Waals surface area (Å²) in [6.07, 6.45) is 0.838. The summed E-state index contributed by atoms with van der Waals surface area (Å²) in [5.41, 5.74) is 0.813. The second-order valence-corrected chi connectivity index (χ2v) is 4.56. The molecule has 1 aromatic carbocycles. The van der Waals surface area contributed by atoms with Crippen LogP contribution in [0.4, 0.5) is 0 Å². The summed E-state index contributed by atoms with van der Waals surface area (Å²) in [6, 6.07) is 7.42. The predicted molar refractivity (Wildman–Crippen MR) is 66.4 cm³/mol. The van der Waals surface area contributed by atoms with Crippen LogP contribution in [-0.4, -0.2) is 10.1 Å². The van der Waals surface area contributed by atoms with E-state index in [0.717, 1.165) is 10.0 Å². The van der Waals surface area contributed by atoms with Gasteiger partial charge in [-0.15, -0.1) is 0 Å². The van der Waals surface area contributed by atoms with Crippen LogP contribution < -0.4 is 0 Å². The smallest absolute Gasteiger partial charge is 0.227 e. The molecule has 0 bridgehead atoms. The summed E-state index contributed by atoms with van der Waals surface area (Å²) in [5.74, 6) is 0.961. The zero-order valence-electron chi connectivity index (χ0n) is 8.65. The zero-order valence-corrected chi connectivity index (χ0v) is 11.0. The van der Waals surface area contributed by atoms with Crippen molar-refractivity contribution in [3.8, 4) is 17.5 Å². The van der Waals surface area contributed by atoms with Crippen LogP contribution in [0.2, 0.25) is 5.02 Å². The van der Waals surface area contributed by atoms with Crippen LogP contribution in [0.15, 0.2) is 27.2 Å². The normalized spacial score (nSPS) is 10.2. The fourth-order valence-corrected chi connectivity index (χ4v) is 1.77. The third-order valence-electron chi connectivity index (χ3n) is 2.10. The molecule has 0 fully saturated rings. The van der Waals surface area contributed by atoms with Gasteiger partial charge in [0.1, 0.15) is 0 Å². The maximum Gasteiger partial charge on any atom is 0.227 e. The van der Waals surface area contributed by atoms with Crippen LogP contribution >= 0.6 is 27.5 Å². The highest BCUT2D eigenvalue weighted by Gasteiger charge is 2.09. The topological polar surface area (TPSA) is 62.7 Å². The number of hydrogen-bond donors (Lipinski definition) is 0. The Bertz CT molecular complexity index is 576. The Morgan fingerprint density at radius 3 is 3.00 bits per heavy atom. The van der Waals surface area contributed by atoms with E-state index in [1.54, 1.807) is 6.07 Å². The van der Waals surface area contributed by atoms with E-state index in [0.29, 0.717) is 29.6 Å². The van der Waals surface area contributed by atoms with Crippen LogP contribution in [0.25, 0.3) is 11.4 Å². The number of nitriles is 1. The first-order chi connectivity index (χ1) is 8.20. The number of halogens is 2. The van der Waals surface area contributed by atoms with E-state index in [-0.39, 0.29) is 0 Å². The molecule has 0 saturated carbocycles. The lowest BCUT2D eigenvalue weighted by molar-refractivity contribution is 0.380. The molecule has 0 radical (unpaired) electrons. The van der Waals surface area contributed by atoms with Gasteiger partial charge < -0.3 is 4.52 Å². The lowest BCUT2D eigenvalue weighted by Gasteiger charge is -1.97. The molecule has 2 rings (SSSR count). The van der Waals surface area contributed by atoms with Crippen LogP contribution in [-0.2, 0) is 6.42 Å². The van der Waals surface area contributed by atoms with E-state index in [9.17, 15) is 0 Å². The van der Waals surface area contributed by atoms with Gasteiger partial charge >= 0.3 is 0 Å². The SMILES string of the molecule is N#CCCc1nc(-c2ccc(Cl)c(Br)c2)no1. The molecular weight excluding hydrogens is 305 g/mol. The van der Waals surface area contributed by atoms with Crippen LogP contribution in [0.3, 0.4) is 0 Å². The fraction of sp³-hybridized carbons (Fsp3) is 0.182. The molecule has 0 N–H and O–H groups in total. The first-order valence-electron chi connectivity index (χ1n) is 4.85. The number of rotatable bonds is 3. The maximum absolute atomic E-state index is 8.46. The monoisotopic (exact) mass is 311 g/mol. The van der Waals surface area contributed by atoms with E-state index in [1.807, 2.05) is 18.2 Å². The highest BCUT2D eigenvalue weighted by Crippen LogP contribution is 2.27. The van der Waals surface area contributed by atoms with Crippen molar-refractivity contribution in [2.45, 2.75) is 12.8 Å². The molecular formula is C11H7BrClN3O. The Morgan fingerprint density at radius 1 is 1.47 bits per heavy atom. The zero-order chi connectivity index (χ0) is 12.3. The molecule has 0 unspecified atom stereocenters. The van der Waals surface area contributed by atoms with Gasteiger partial charge in [-0.1, -0.05) is 16.8 Å². The maximum atomic E-state index is 8.46. The largest absolute Gasteiger partial charge is 0.339 e. The molecule has 0 atom stereocenters. The standard InChI is InChI=1S/C11H7BrClN3O/c12-8-6-7(3-4-9(8)13)11-15-10(17-16-11)2-1-5-14/h3-4,6H,1-2H2. The summed E-state index contributed by atoms with van der Waals surface area (Å²) in [5, 5.41) is 12.9. The van der Waals surface area contributed by atoms with Crippen LogP contribution in [0.1, 0.15) is 12.3 Å². The minimum atomic E-state index is 0.367. The van der Waals surface area contributed by atoms with Crippen LogP contribution in [0, 0.1) is 11.3 Å². The van der Waals surface area contributed by atoms with Gasteiger partial charge in [0, 0.05) is 22.9 Å². The van der Waals surface area contributed by atoms with Gasteiger partial charge in [-0.05, 0) is 34.1 Å². The third kappa shape index (κ3) is 2.84. The van der Waals surface area contributed by atoms with Crippen molar-refractivity contribution in [2.75, 3.05) is 0 Å². The minimum Gasteiger partial charge on any atom is -0.339 e. The number of hydrogen-bond acceptors (Lipinski definition) is 4. The van der Waals surface area contributed by atoms with Gasteiger partial charge in [0.15, 0.2) is 0 Å². The van der Waals surface area contributed by atoms with Crippen molar-refractivity contribution >= 4 is 27.5 Å². The molecule has 86 valence electrons. The average Bonchev–Trinajstić information content (AvgIpc) is 2.79. The van der Waals surface area contributed by atoms with Gasteiger partial charge in [0.05, 0.1) is 11.1 Å². The molecule has 0 aliphatic rings. The predicted octanol–water partition coefficient (Wildman–Crippen LogP) is 3.61. The van der Waals surface area contributed by atoms with Gasteiger partial charge in [-0.3, -0.25) is 0 Å². The van der Waals surface area contributed by atoms with Crippen molar-refractivity contribution in [1.82, 2.24) is 10.1 Å². The average molecular weight is 313 g/mol. The molecule has 1 heterocycles. The Hall–Kier alpha value is -1.38. The third-order valence-corrected chi connectivity index (χ3v) is 3.31. The van der Waals surface area contributed by atoms with E-state index in [2.05, 4.69) is 26.1 Å². The Kier molecular flexibility index (Phi) is 3.77. The van der Waals surface area contributed by atoms with E-state index in [4.69, 9.17) is 21.4 Å². The summed E-state index contributed by atoms with van der Waals surface area (Å²) in [4.78, 5) is 4.20. The van der Waals surface area contributed by atoms with Gasteiger partial charge in [-0.2, -0.15) is 10.2 Å². The molecule has 0 amide bonds. The van der Waals surface area contributed by atoms with E-state index >= 15 is 0 Å². The molecule has 1 aromatic heterocycles. The fourth-order valence-electron chi connectivity index (χ4n) is 1.27. The molecule has 4 nitrogen and oxygen atoms in total. The van der Waals surface area contributed by atoms with Crippen molar-refractivity contribution in [2.24, 2.45) is 0 Å². The lowest BCUT2D eigenvalue weighted by Crippen LogP contribution is -1.84. The van der Waals surface area contributed by atoms with Crippen molar-refractivity contribution in [3.05, 3.63) is 33.6 Å². The highest BCUT2D eigenvalue weighted by atomic mass is 79.9. The Morgan fingerprint density at radius 2 is 2.29 bits per heavy atom. The summed E-state index contributed by atoms with van der Waals surface area (Å²) in [6.45, 7) is 0. The van der Waals surface area contributed by atoms with Crippen molar-refractivity contribution in [3.63, 3.8) is 0 Å². The molecule has 0 aliphatic carbocycles. The van der Waals surface area contributed by atoms with Crippen molar-refractivity contribution < 1.29 is 4.52 Å².